The molecular formula is C16H23N3O2. The minimum Gasteiger partial charge on any atom is -0.443 e. The molecule has 0 radical (unpaired) electrons. The second kappa shape index (κ2) is 5.76. The van der Waals surface area contributed by atoms with Crippen LogP contribution in [-0.4, -0.2) is 28.1 Å². The predicted octanol–water partition coefficient (Wildman–Crippen LogP) is 3.28. The van der Waals surface area contributed by atoms with Gasteiger partial charge in [0.1, 0.15) is 11.4 Å². The van der Waals surface area contributed by atoms with Crippen molar-refractivity contribution in [2.45, 2.75) is 39.7 Å². The lowest BCUT2D eigenvalue weighted by molar-refractivity contribution is 0.0327. The summed E-state index contributed by atoms with van der Waals surface area (Å²) in [6, 6.07) is 3.61. The summed E-state index contributed by atoms with van der Waals surface area (Å²) >= 11 is 0. The van der Waals surface area contributed by atoms with Gasteiger partial charge in [-0.05, 0) is 45.2 Å². The first-order valence-electron chi connectivity index (χ1n) is 7.19. The largest absolute Gasteiger partial charge is 0.443 e. The standard InChI is InChI=1S/C16H23N3O2/c1-11-5-7-13(12-6-8-14(17)18-9-12)19(10-11)15(20)21-16(2,3)4/h6-9,11H,5,10H2,1-4H3,(H2,17,18). The van der Waals surface area contributed by atoms with Crippen LogP contribution in [-0.2, 0) is 4.74 Å². The van der Waals surface area contributed by atoms with E-state index in [-0.39, 0.29) is 6.09 Å². The summed E-state index contributed by atoms with van der Waals surface area (Å²) in [6.07, 6.45) is 4.36. The van der Waals surface area contributed by atoms with E-state index < -0.39 is 5.60 Å². The fraction of sp³-hybridized carbons (Fsp3) is 0.500. The van der Waals surface area contributed by atoms with Crippen molar-refractivity contribution < 1.29 is 9.53 Å². The van der Waals surface area contributed by atoms with Crippen LogP contribution < -0.4 is 5.73 Å². The number of nitrogens with zero attached hydrogens (tertiary/aromatic N) is 2. The van der Waals surface area contributed by atoms with Gasteiger partial charge in [0.2, 0.25) is 0 Å². The number of aromatic nitrogens is 1. The van der Waals surface area contributed by atoms with Gasteiger partial charge in [-0.2, -0.15) is 0 Å². The number of carbonyl (C=O) groups is 1. The molecule has 1 amide bonds. The van der Waals surface area contributed by atoms with Crippen molar-refractivity contribution in [1.29, 1.82) is 0 Å². The number of allylic oxidation sites excluding steroid dienone is 1. The Balaban J connectivity index is 2.28. The van der Waals surface area contributed by atoms with Gasteiger partial charge in [-0.25, -0.2) is 9.78 Å². The van der Waals surface area contributed by atoms with E-state index in [0.717, 1.165) is 17.7 Å². The molecule has 0 aromatic carbocycles. The van der Waals surface area contributed by atoms with E-state index in [9.17, 15) is 4.79 Å². The van der Waals surface area contributed by atoms with Gasteiger partial charge in [-0.3, -0.25) is 4.90 Å². The smallest absolute Gasteiger partial charge is 0.414 e. The van der Waals surface area contributed by atoms with E-state index in [1.54, 1.807) is 17.2 Å². The first kappa shape index (κ1) is 15.4. The second-order valence-corrected chi connectivity index (χ2v) is 6.49. The molecule has 2 heterocycles. The predicted molar refractivity (Wildman–Crippen MR) is 83.3 cm³/mol. The number of hydrogen-bond donors (Lipinski definition) is 1. The van der Waals surface area contributed by atoms with Gasteiger partial charge in [0, 0.05) is 18.3 Å². The second-order valence-electron chi connectivity index (χ2n) is 6.49. The first-order chi connectivity index (χ1) is 9.76. The molecule has 0 saturated heterocycles. The zero-order valence-electron chi connectivity index (χ0n) is 13.1. The van der Waals surface area contributed by atoms with Crippen molar-refractivity contribution >= 4 is 17.6 Å². The van der Waals surface area contributed by atoms with Crippen molar-refractivity contribution in [3.05, 3.63) is 30.0 Å². The highest BCUT2D eigenvalue weighted by Gasteiger charge is 2.29. The van der Waals surface area contributed by atoms with Crippen molar-refractivity contribution in [1.82, 2.24) is 9.88 Å². The summed E-state index contributed by atoms with van der Waals surface area (Å²) < 4.78 is 5.50. The highest BCUT2D eigenvalue weighted by Crippen LogP contribution is 2.29. The first-order valence-corrected chi connectivity index (χ1v) is 7.19. The van der Waals surface area contributed by atoms with Gasteiger partial charge in [0.25, 0.3) is 0 Å². The quantitative estimate of drug-likeness (QED) is 0.861. The minimum atomic E-state index is -0.512. The van der Waals surface area contributed by atoms with Crippen LogP contribution in [0.2, 0.25) is 0 Å². The van der Waals surface area contributed by atoms with Gasteiger partial charge in [-0.1, -0.05) is 13.0 Å². The molecule has 1 aliphatic heterocycles. The molecule has 2 N–H and O–H groups in total. The summed E-state index contributed by atoms with van der Waals surface area (Å²) in [5, 5.41) is 0. The number of carbonyl (C=O) groups excluding carboxylic acids is 1. The number of rotatable bonds is 1. The normalized spacial score (nSPS) is 19.1. The van der Waals surface area contributed by atoms with Crippen LogP contribution in [0.1, 0.15) is 39.7 Å². The topological polar surface area (TPSA) is 68.5 Å². The molecule has 1 atom stereocenters. The molecule has 5 heteroatoms. The van der Waals surface area contributed by atoms with Crippen LogP contribution in [0.5, 0.6) is 0 Å². The maximum atomic E-state index is 12.4. The van der Waals surface area contributed by atoms with Gasteiger partial charge in [0.05, 0.1) is 5.70 Å². The van der Waals surface area contributed by atoms with Gasteiger partial charge in [0.15, 0.2) is 0 Å². The molecular weight excluding hydrogens is 266 g/mol. The summed E-state index contributed by atoms with van der Waals surface area (Å²) in [5.74, 6) is 0.871. The molecule has 5 nitrogen and oxygen atoms in total. The molecule has 1 aromatic heterocycles. The molecule has 114 valence electrons. The molecule has 0 saturated carbocycles. The number of pyridine rings is 1. The van der Waals surface area contributed by atoms with Crippen LogP contribution in [0.25, 0.3) is 5.70 Å². The van der Waals surface area contributed by atoms with Crippen LogP contribution in [0.3, 0.4) is 0 Å². The Labute approximate surface area is 125 Å². The number of hydrogen-bond acceptors (Lipinski definition) is 4. The highest BCUT2D eigenvalue weighted by atomic mass is 16.6. The van der Waals surface area contributed by atoms with E-state index in [0.29, 0.717) is 18.3 Å². The summed E-state index contributed by atoms with van der Waals surface area (Å²) in [4.78, 5) is 18.2. The van der Waals surface area contributed by atoms with E-state index in [1.807, 2.05) is 26.8 Å². The lowest BCUT2D eigenvalue weighted by Crippen LogP contribution is -2.39. The van der Waals surface area contributed by atoms with Crippen molar-refractivity contribution in [3.63, 3.8) is 0 Å². The maximum absolute atomic E-state index is 12.4. The number of nitrogens with two attached hydrogens (primary N) is 1. The Kier molecular flexibility index (Phi) is 4.21. The number of anilines is 1. The Hall–Kier alpha value is -2.04. The van der Waals surface area contributed by atoms with Crippen LogP contribution >= 0.6 is 0 Å². The monoisotopic (exact) mass is 289 g/mol. The fourth-order valence-corrected chi connectivity index (χ4v) is 2.23. The Morgan fingerprint density at radius 2 is 2.14 bits per heavy atom. The Morgan fingerprint density at radius 1 is 1.43 bits per heavy atom. The average Bonchev–Trinajstić information content (AvgIpc) is 2.38. The zero-order valence-corrected chi connectivity index (χ0v) is 13.1. The third kappa shape index (κ3) is 3.97. The third-order valence-electron chi connectivity index (χ3n) is 3.19. The van der Waals surface area contributed by atoms with E-state index in [1.165, 1.54) is 0 Å². The Morgan fingerprint density at radius 3 is 2.71 bits per heavy atom. The van der Waals surface area contributed by atoms with Crippen LogP contribution in [0, 0.1) is 5.92 Å². The van der Waals surface area contributed by atoms with Gasteiger partial charge < -0.3 is 10.5 Å². The van der Waals surface area contributed by atoms with Gasteiger partial charge in [-0.15, -0.1) is 0 Å². The SMILES string of the molecule is CC1CC=C(c2ccc(N)nc2)N(C(=O)OC(C)(C)C)C1. The average molecular weight is 289 g/mol. The molecule has 21 heavy (non-hydrogen) atoms. The van der Waals surface area contributed by atoms with E-state index in [2.05, 4.69) is 18.0 Å². The lowest BCUT2D eigenvalue weighted by atomic mass is 9.99. The summed E-state index contributed by atoms with van der Waals surface area (Å²) in [6.45, 7) is 8.36. The number of nitrogen functional groups attached to an aromatic ring is 1. The van der Waals surface area contributed by atoms with Crippen molar-refractivity contribution in [2.24, 2.45) is 5.92 Å². The summed E-state index contributed by atoms with van der Waals surface area (Å²) in [5.41, 5.74) is 6.83. The molecule has 0 aliphatic carbocycles. The van der Waals surface area contributed by atoms with Crippen molar-refractivity contribution in [2.75, 3.05) is 12.3 Å². The van der Waals surface area contributed by atoms with E-state index >= 15 is 0 Å². The molecule has 0 bridgehead atoms. The fourth-order valence-electron chi connectivity index (χ4n) is 2.23. The molecule has 2 rings (SSSR count). The third-order valence-corrected chi connectivity index (χ3v) is 3.19. The molecule has 0 spiro atoms. The maximum Gasteiger partial charge on any atom is 0.414 e. The molecule has 1 aliphatic rings. The molecule has 0 fully saturated rings. The minimum absolute atomic E-state index is 0.322. The Bertz CT molecular complexity index is 544. The molecule has 1 unspecified atom stereocenters. The van der Waals surface area contributed by atoms with Crippen molar-refractivity contribution in [3.8, 4) is 0 Å². The van der Waals surface area contributed by atoms with Gasteiger partial charge >= 0.3 is 6.09 Å². The molecule has 1 aromatic rings. The number of ether oxygens (including phenoxy) is 1. The van der Waals surface area contributed by atoms with Crippen LogP contribution in [0.15, 0.2) is 24.4 Å². The summed E-state index contributed by atoms with van der Waals surface area (Å²) in [7, 11) is 0. The highest BCUT2D eigenvalue weighted by molar-refractivity contribution is 5.82. The van der Waals surface area contributed by atoms with E-state index in [4.69, 9.17) is 10.5 Å². The van der Waals surface area contributed by atoms with Crippen LogP contribution in [0.4, 0.5) is 10.6 Å². The lowest BCUT2D eigenvalue weighted by Gasteiger charge is -2.33. The number of amides is 1. The zero-order chi connectivity index (χ0) is 15.6.